The third-order valence-corrected chi connectivity index (χ3v) is 3.52. The van der Waals surface area contributed by atoms with Gasteiger partial charge in [-0.15, -0.1) is 0 Å². The lowest BCUT2D eigenvalue weighted by Gasteiger charge is -2.13. The van der Waals surface area contributed by atoms with Gasteiger partial charge in [-0.1, -0.05) is 54.1 Å². The van der Waals surface area contributed by atoms with E-state index in [1.807, 2.05) is 12.1 Å². The van der Waals surface area contributed by atoms with Gasteiger partial charge in [0.2, 0.25) is 0 Å². The molecule has 0 aliphatic rings. The van der Waals surface area contributed by atoms with Crippen molar-refractivity contribution in [2.75, 3.05) is 13.7 Å². The van der Waals surface area contributed by atoms with Crippen molar-refractivity contribution in [1.82, 2.24) is 5.32 Å². The van der Waals surface area contributed by atoms with E-state index in [1.165, 1.54) is 16.7 Å². The fourth-order valence-electron chi connectivity index (χ4n) is 2.15. The summed E-state index contributed by atoms with van der Waals surface area (Å²) < 4.78 is 5.26. The molecule has 110 valence electrons. The van der Waals surface area contributed by atoms with E-state index in [-0.39, 0.29) is 0 Å². The van der Waals surface area contributed by atoms with Gasteiger partial charge >= 0.3 is 0 Å². The molecule has 0 aliphatic carbocycles. The number of hydrogen-bond acceptors (Lipinski definition) is 2. The second kappa shape index (κ2) is 7.65. The number of methoxy groups -OCH3 is 1. The highest BCUT2D eigenvalue weighted by molar-refractivity contribution is 5.49. The molecule has 0 unspecified atom stereocenters. The molecule has 0 spiro atoms. The van der Waals surface area contributed by atoms with Crippen molar-refractivity contribution in [3.8, 4) is 5.75 Å². The van der Waals surface area contributed by atoms with Crippen LogP contribution in [0.25, 0.3) is 6.08 Å². The first-order valence-electron chi connectivity index (χ1n) is 7.29. The zero-order valence-corrected chi connectivity index (χ0v) is 13.0. The maximum Gasteiger partial charge on any atom is 0.119 e. The maximum absolute atomic E-state index is 5.26. The molecule has 2 nitrogen and oxygen atoms in total. The summed E-state index contributed by atoms with van der Waals surface area (Å²) in [6, 6.07) is 17.0. The van der Waals surface area contributed by atoms with Gasteiger partial charge in [-0.3, -0.25) is 0 Å². The van der Waals surface area contributed by atoms with Gasteiger partial charge in [0, 0.05) is 12.6 Å². The summed E-state index contributed by atoms with van der Waals surface area (Å²) in [5, 5.41) is 3.49. The molecule has 0 radical (unpaired) electrons. The smallest absolute Gasteiger partial charge is 0.119 e. The lowest BCUT2D eigenvalue weighted by atomic mass is 10.1. The number of rotatable bonds is 6. The first-order chi connectivity index (χ1) is 10.2. The average Bonchev–Trinajstić information content (AvgIpc) is 2.53. The summed E-state index contributed by atoms with van der Waals surface area (Å²) in [5.74, 6) is 0.899. The Kier molecular flexibility index (Phi) is 5.59. The molecule has 0 saturated carbocycles. The Morgan fingerprint density at radius 2 is 1.90 bits per heavy atom. The van der Waals surface area contributed by atoms with E-state index in [2.05, 4.69) is 67.7 Å². The van der Waals surface area contributed by atoms with Crippen LogP contribution in [0, 0.1) is 6.92 Å². The van der Waals surface area contributed by atoms with E-state index in [0.29, 0.717) is 6.04 Å². The molecule has 0 aliphatic heterocycles. The summed E-state index contributed by atoms with van der Waals surface area (Å²) >= 11 is 0. The number of aryl methyl sites for hydroxylation is 1. The monoisotopic (exact) mass is 281 g/mol. The van der Waals surface area contributed by atoms with Crippen molar-refractivity contribution < 1.29 is 4.74 Å². The predicted molar refractivity (Wildman–Crippen MR) is 89.6 cm³/mol. The summed E-state index contributed by atoms with van der Waals surface area (Å²) in [6.07, 6.45) is 4.30. The van der Waals surface area contributed by atoms with Crippen LogP contribution in [0.15, 0.2) is 54.6 Å². The Balaban J connectivity index is 1.86. The second-order valence-electron chi connectivity index (χ2n) is 5.22. The second-order valence-corrected chi connectivity index (χ2v) is 5.22. The predicted octanol–water partition coefficient (Wildman–Crippen LogP) is 4.37. The average molecular weight is 281 g/mol. The van der Waals surface area contributed by atoms with Gasteiger partial charge in [-0.2, -0.15) is 0 Å². The highest BCUT2D eigenvalue weighted by atomic mass is 16.5. The summed E-state index contributed by atoms with van der Waals surface area (Å²) in [5.41, 5.74) is 3.76. The van der Waals surface area contributed by atoms with Crippen LogP contribution < -0.4 is 10.1 Å². The van der Waals surface area contributed by atoms with Crippen molar-refractivity contribution in [3.63, 3.8) is 0 Å². The summed E-state index contributed by atoms with van der Waals surface area (Å²) in [6.45, 7) is 5.10. The number of benzene rings is 2. The molecule has 0 bridgehead atoms. The number of nitrogens with one attached hydrogen (secondary N) is 1. The molecule has 0 saturated heterocycles. The maximum atomic E-state index is 5.26. The lowest BCUT2D eigenvalue weighted by molar-refractivity contribution is 0.413. The van der Waals surface area contributed by atoms with Gasteiger partial charge in [-0.25, -0.2) is 0 Å². The van der Waals surface area contributed by atoms with Crippen molar-refractivity contribution in [2.45, 2.75) is 19.9 Å². The minimum absolute atomic E-state index is 0.294. The molecule has 0 fully saturated rings. The Labute approximate surface area is 127 Å². The molecule has 2 heteroatoms. The third-order valence-electron chi connectivity index (χ3n) is 3.52. The van der Waals surface area contributed by atoms with Crippen LogP contribution in [-0.4, -0.2) is 13.7 Å². The van der Waals surface area contributed by atoms with Crippen molar-refractivity contribution in [3.05, 3.63) is 71.3 Å². The van der Waals surface area contributed by atoms with Crippen LogP contribution in [0.5, 0.6) is 5.75 Å². The first-order valence-corrected chi connectivity index (χ1v) is 7.29. The molecule has 2 aromatic rings. The SMILES string of the molecule is COc1cccc([C@@H](C)NC/C=C/c2ccc(C)cc2)c1. The Bertz CT molecular complexity index is 587. The molecule has 1 N–H and O–H groups in total. The van der Waals surface area contributed by atoms with Crippen molar-refractivity contribution in [1.29, 1.82) is 0 Å². The molecule has 2 aromatic carbocycles. The van der Waals surface area contributed by atoms with Crippen LogP contribution in [0.1, 0.15) is 29.7 Å². The molecule has 2 rings (SSSR count). The van der Waals surface area contributed by atoms with Gasteiger partial charge in [0.05, 0.1) is 7.11 Å². The largest absolute Gasteiger partial charge is 0.497 e. The number of hydrogen-bond donors (Lipinski definition) is 1. The van der Waals surface area contributed by atoms with Gasteiger partial charge in [0.25, 0.3) is 0 Å². The molecular weight excluding hydrogens is 258 g/mol. The topological polar surface area (TPSA) is 21.3 Å². The normalized spacial score (nSPS) is 12.5. The standard InChI is InChI=1S/C19H23NO/c1-15-9-11-17(12-10-15)6-5-13-20-16(2)18-7-4-8-19(14-18)21-3/h4-12,14,16,20H,13H2,1-3H3/b6-5+/t16-/m1/s1. The minimum Gasteiger partial charge on any atom is -0.497 e. The molecule has 0 amide bonds. The van der Waals surface area contributed by atoms with E-state index < -0.39 is 0 Å². The molecule has 1 atom stereocenters. The van der Waals surface area contributed by atoms with Crippen LogP contribution in [0.2, 0.25) is 0 Å². The van der Waals surface area contributed by atoms with E-state index in [9.17, 15) is 0 Å². The zero-order chi connectivity index (χ0) is 15.1. The Morgan fingerprint density at radius 1 is 1.14 bits per heavy atom. The van der Waals surface area contributed by atoms with Gasteiger partial charge in [0.1, 0.15) is 5.75 Å². The Morgan fingerprint density at radius 3 is 2.62 bits per heavy atom. The van der Waals surface area contributed by atoms with E-state index in [0.717, 1.165) is 12.3 Å². The highest BCUT2D eigenvalue weighted by Gasteiger charge is 2.04. The first kappa shape index (κ1) is 15.3. The summed E-state index contributed by atoms with van der Waals surface area (Å²) in [4.78, 5) is 0. The lowest BCUT2D eigenvalue weighted by Crippen LogP contribution is -2.18. The van der Waals surface area contributed by atoms with Crippen LogP contribution in [-0.2, 0) is 0 Å². The zero-order valence-electron chi connectivity index (χ0n) is 13.0. The number of ether oxygens (including phenoxy) is 1. The van der Waals surface area contributed by atoms with E-state index in [4.69, 9.17) is 4.74 Å². The van der Waals surface area contributed by atoms with Crippen molar-refractivity contribution in [2.24, 2.45) is 0 Å². The Hall–Kier alpha value is -2.06. The van der Waals surface area contributed by atoms with Gasteiger partial charge in [0.15, 0.2) is 0 Å². The van der Waals surface area contributed by atoms with E-state index in [1.54, 1.807) is 7.11 Å². The van der Waals surface area contributed by atoms with Gasteiger partial charge < -0.3 is 10.1 Å². The molecule has 0 heterocycles. The van der Waals surface area contributed by atoms with Crippen LogP contribution in [0.3, 0.4) is 0 Å². The fourth-order valence-corrected chi connectivity index (χ4v) is 2.15. The van der Waals surface area contributed by atoms with E-state index >= 15 is 0 Å². The molecular formula is C19H23NO. The van der Waals surface area contributed by atoms with Crippen LogP contribution >= 0.6 is 0 Å². The fraction of sp³-hybridized carbons (Fsp3) is 0.263. The molecule has 0 aromatic heterocycles. The quantitative estimate of drug-likeness (QED) is 0.849. The third kappa shape index (κ3) is 4.76. The van der Waals surface area contributed by atoms with Crippen molar-refractivity contribution >= 4 is 6.08 Å². The van der Waals surface area contributed by atoms with Gasteiger partial charge in [-0.05, 0) is 37.1 Å². The van der Waals surface area contributed by atoms with Crippen LogP contribution in [0.4, 0.5) is 0 Å². The summed E-state index contributed by atoms with van der Waals surface area (Å²) in [7, 11) is 1.70. The highest BCUT2D eigenvalue weighted by Crippen LogP contribution is 2.18. The minimum atomic E-state index is 0.294. The molecule has 21 heavy (non-hydrogen) atoms.